The van der Waals surface area contributed by atoms with Gasteiger partial charge in [0.15, 0.2) is 0 Å². The van der Waals surface area contributed by atoms with Crippen molar-refractivity contribution in [3.05, 3.63) is 29.8 Å². The third-order valence-electron chi connectivity index (χ3n) is 3.38. The van der Waals surface area contributed by atoms with Crippen LogP contribution >= 0.6 is 0 Å². The van der Waals surface area contributed by atoms with E-state index in [1.54, 1.807) is 45.3 Å². The van der Waals surface area contributed by atoms with Crippen molar-refractivity contribution in [1.82, 2.24) is 5.48 Å². The Balaban J connectivity index is 2.79. The Morgan fingerprint density at radius 3 is 2.10 bits per heavy atom. The summed E-state index contributed by atoms with van der Waals surface area (Å²) in [7, 11) is 0. The molecule has 0 radical (unpaired) electrons. The summed E-state index contributed by atoms with van der Waals surface area (Å²) >= 11 is 0. The summed E-state index contributed by atoms with van der Waals surface area (Å²) in [5, 5.41) is 8.75. The number of esters is 1. The van der Waals surface area contributed by atoms with Crippen LogP contribution in [0.15, 0.2) is 24.3 Å². The molecule has 0 bridgehead atoms. The first-order valence-electron chi connectivity index (χ1n) is 6.82. The molecule has 116 valence electrons. The quantitative estimate of drug-likeness (QED) is 0.379. The number of aryl methyl sites for hydroxylation is 1. The van der Waals surface area contributed by atoms with Crippen LogP contribution in [0.4, 0.5) is 0 Å². The van der Waals surface area contributed by atoms with Crippen LogP contribution < -0.4 is 10.2 Å². The Bertz CT molecular complexity index is 518. The van der Waals surface area contributed by atoms with Gasteiger partial charge in [0.05, 0.1) is 5.41 Å². The number of hydrogen-bond acceptors (Lipinski definition) is 4. The van der Waals surface area contributed by atoms with Gasteiger partial charge in [-0.15, -0.1) is 0 Å². The highest BCUT2D eigenvalue weighted by molar-refractivity contribution is 5.83. The second kappa shape index (κ2) is 6.26. The van der Waals surface area contributed by atoms with Gasteiger partial charge >= 0.3 is 5.97 Å². The fraction of sp³-hybridized carbons (Fsp3) is 0.500. The molecule has 0 saturated heterocycles. The maximum absolute atomic E-state index is 12.3. The van der Waals surface area contributed by atoms with Crippen LogP contribution in [0.5, 0.6) is 5.75 Å². The van der Waals surface area contributed by atoms with Gasteiger partial charge in [0, 0.05) is 5.41 Å². The first kappa shape index (κ1) is 17.2. The van der Waals surface area contributed by atoms with E-state index in [2.05, 4.69) is 0 Å². The molecule has 5 heteroatoms. The van der Waals surface area contributed by atoms with Crippen molar-refractivity contribution in [2.45, 2.75) is 41.0 Å². The van der Waals surface area contributed by atoms with Crippen molar-refractivity contribution in [3.8, 4) is 5.75 Å². The lowest BCUT2D eigenvalue weighted by atomic mass is 9.74. The first-order valence-corrected chi connectivity index (χ1v) is 6.82. The van der Waals surface area contributed by atoms with Crippen molar-refractivity contribution in [2.24, 2.45) is 10.8 Å². The maximum Gasteiger partial charge on any atom is 0.316 e. The summed E-state index contributed by atoms with van der Waals surface area (Å²) in [6.45, 7) is 8.72. The smallest absolute Gasteiger partial charge is 0.316 e. The molecule has 1 aromatic carbocycles. The number of rotatable bonds is 5. The van der Waals surface area contributed by atoms with E-state index < -0.39 is 22.7 Å². The van der Waals surface area contributed by atoms with Crippen molar-refractivity contribution >= 4 is 11.9 Å². The normalized spacial score (nSPS) is 11.9. The third-order valence-corrected chi connectivity index (χ3v) is 3.38. The Morgan fingerprint density at radius 2 is 1.62 bits per heavy atom. The number of amides is 1. The Hall–Kier alpha value is -1.88. The highest BCUT2D eigenvalue weighted by Gasteiger charge is 2.40. The molecular weight excluding hydrogens is 270 g/mol. The molecule has 0 unspecified atom stereocenters. The molecule has 0 aliphatic rings. The number of benzene rings is 1. The SMILES string of the molecule is Cc1ccc(OC(=O)C(C)(C)CC(C)(C)C(=O)NO)cc1. The van der Waals surface area contributed by atoms with Crippen LogP contribution in [0.2, 0.25) is 0 Å². The van der Waals surface area contributed by atoms with Crippen molar-refractivity contribution in [3.63, 3.8) is 0 Å². The van der Waals surface area contributed by atoms with Gasteiger partial charge in [-0.1, -0.05) is 31.5 Å². The Morgan fingerprint density at radius 1 is 1.10 bits per heavy atom. The maximum atomic E-state index is 12.3. The topological polar surface area (TPSA) is 75.6 Å². The molecule has 0 heterocycles. The molecular formula is C16H23NO4. The molecule has 1 amide bonds. The number of ether oxygens (including phenoxy) is 1. The second-order valence-corrected chi connectivity index (χ2v) is 6.59. The van der Waals surface area contributed by atoms with Gasteiger partial charge in [-0.05, 0) is 39.3 Å². The van der Waals surface area contributed by atoms with E-state index in [-0.39, 0.29) is 6.42 Å². The summed E-state index contributed by atoms with van der Waals surface area (Å²) < 4.78 is 5.36. The van der Waals surface area contributed by atoms with Gasteiger partial charge in [-0.25, -0.2) is 5.48 Å². The highest BCUT2D eigenvalue weighted by atomic mass is 16.5. The fourth-order valence-corrected chi connectivity index (χ4v) is 2.26. The number of hydrogen-bond donors (Lipinski definition) is 2. The highest BCUT2D eigenvalue weighted by Crippen LogP contribution is 2.35. The summed E-state index contributed by atoms with van der Waals surface area (Å²) in [4.78, 5) is 23.9. The molecule has 0 aliphatic heterocycles. The van der Waals surface area contributed by atoms with Gasteiger partial charge in [-0.3, -0.25) is 14.8 Å². The molecule has 1 aromatic rings. The zero-order valence-electron chi connectivity index (χ0n) is 13.2. The molecule has 0 aromatic heterocycles. The first-order chi connectivity index (χ1) is 9.58. The van der Waals surface area contributed by atoms with Gasteiger partial charge in [-0.2, -0.15) is 0 Å². The fourth-order valence-electron chi connectivity index (χ4n) is 2.26. The van der Waals surface area contributed by atoms with Gasteiger partial charge in [0.2, 0.25) is 5.91 Å². The average molecular weight is 293 g/mol. The van der Waals surface area contributed by atoms with Gasteiger partial charge in [0.25, 0.3) is 0 Å². The summed E-state index contributed by atoms with van der Waals surface area (Å²) in [5.41, 5.74) is 0.966. The minimum atomic E-state index is -0.884. The van der Waals surface area contributed by atoms with Crippen LogP contribution in [0.3, 0.4) is 0 Å². The Labute approximate surface area is 125 Å². The second-order valence-electron chi connectivity index (χ2n) is 6.59. The molecule has 0 spiro atoms. The van der Waals surface area contributed by atoms with Crippen molar-refractivity contribution in [2.75, 3.05) is 0 Å². The molecule has 0 aliphatic carbocycles. The number of hydroxylamine groups is 1. The van der Waals surface area contributed by atoms with E-state index in [9.17, 15) is 9.59 Å². The van der Waals surface area contributed by atoms with Crippen LogP contribution in [0, 0.1) is 17.8 Å². The van der Waals surface area contributed by atoms with E-state index in [0.717, 1.165) is 5.56 Å². The molecule has 5 nitrogen and oxygen atoms in total. The minimum absolute atomic E-state index is 0.247. The zero-order valence-corrected chi connectivity index (χ0v) is 13.2. The van der Waals surface area contributed by atoms with Crippen LogP contribution in [-0.2, 0) is 9.59 Å². The van der Waals surface area contributed by atoms with E-state index in [1.165, 1.54) is 0 Å². The van der Waals surface area contributed by atoms with Crippen LogP contribution in [-0.4, -0.2) is 17.1 Å². The lowest BCUT2D eigenvalue weighted by Crippen LogP contribution is -2.41. The average Bonchev–Trinajstić information content (AvgIpc) is 2.39. The summed E-state index contributed by atoms with van der Waals surface area (Å²) in [5.74, 6) is -0.466. The number of nitrogens with one attached hydrogen (secondary N) is 1. The molecule has 21 heavy (non-hydrogen) atoms. The predicted octanol–water partition coefficient (Wildman–Crippen LogP) is 2.85. The summed E-state index contributed by atoms with van der Waals surface area (Å²) in [6, 6.07) is 7.18. The van der Waals surface area contributed by atoms with E-state index in [4.69, 9.17) is 9.94 Å². The molecule has 0 atom stereocenters. The lowest BCUT2D eigenvalue weighted by molar-refractivity contribution is -0.149. The van der Waals surface area contributed by atoms with Crippen LogP contribution in [0.1, 0.15) is 39.7 Å². The molecule has 1 rings (SSSR count). The zero-order chi connectivity index (χ0) is 16.3. The third kappa shape index (κ3) is 4.56. The van der Waals surface area contributed by atoms with E-state index in [0.29, 0.717) is 5.75 Å². The van der Waals surface area contributed by atoms with E-state index >= 15 is 0 Å². The van der Waals surface area contributed by atoms with Gasteiger partial charge in [0.1, 0.15) is 5.75 Å². The minimum Gasteiger partial charge on any atom is -0.426 e. The van der Waals surface area contributed by atoms with Crippen molar-refractivity contribution < 1.29 is 19.5 Å². The summed E-state index contributed by atoms with van der Waals surface area (Å²) in [6.07, 6.45) is 0.247. The van der Waals surface area contributed by atoms with Crippen LogP contribution in [0.25, 0.3) is 0 Å². The number of carbonyl (C=O) groups excluding carboxylic acids is 2. The molecule has 0 saturated carbocycles. The van der Waals surface area contributed by atoms with Crippen molar-refractivity contribution in [1.29, 1.82) is 0 Å². The largest absolute Gasteiger partial charge is 0.426 e. The molecule has 0 fully saturated rings. The van der Waals surface area contributed by atoms with Gasteiger partial charge < -0.3 is 4.74 Å². The standard InChI is InChI=1S/C16H23NO4/c1-11-6-8-12(9-7-11)21-14(19)16(4,5)10-15(2,3)13(18)17-20/h6-9,20H,10H2,1-5H3,(H,17,18). The Kier molecular flexibility index (Phi) is 5.12. The lowest BCUT2D eigenvalue weighted by Gasteiger charge is -2.31. The molecule has 2 N–H and O–H groups in total. The number of carbonyl (C=O) groups is 2. The van der Waals surface area contributed by atoms with E-state index in [1.807, 2.05) is 19.1 Å². The predicted molar refractivity (Wildman–Crippen MR) is 78.9 cm³/mol. The monoisotopic (exact) mass is 293 g/mol.